The van der Waals surface area contributed by atoms with E-state index < -0.39 is 0 Å². The highest BCUT2D eigenvalue weighted by Crippen LogP contribution is 2.37. The zero-order valence-electron chi connectivity index (χ0n) is 9.70. The summed E-state index contributed by atoms with van der Waals surface area (Å²) in [6.45, 7) is 6.70. The van der Waals surface area contributed by atoms with Gasteiger partial charge in [-0.15, -0.1) is 0 Å². The van der Waals surface area contributed by atoms with Crippen LogP contribution in [-0.4, -0.2) is 16.8 Å². The quantitative estimate of drug-likeness (QED) is 0.801. The maximum absolute atomic E-state index is 9.22. The fourth-order valence-corrected chi connectivity index (χ4v) is 1.94. The molecule has 1 aromatic rings. The van der Waals surface area contributed by atoms with E-state index in [4.69, 9.17) is 5.11 Å². The van der Waals surface area contributed by atoms with Gasteiger partial charge < -0.3 is 10.2 Å². The molecule has 0 radical (unpaired) electrons. The Kier molecular flexibility index (Phi) is 3.75. The van der Waals surface area contributed by atoms with E-state index >= 15 is 0 Å². The van der Waals surface area contributed by atoms with Gasteiger partial charge in [0.15, 0.2) is 0 Å². The Bertz CT molecular complexity index is 295. The number of phenols is 1. The van der Waals surface area contributed by atoms with Crippen LogP contribution >= 0.6 is 0 Å². The summed E-state index contributed by atoms with van der Waals surface area (Å²) in [5.74, 6) is 0.610. The lowest BCUT2D eigenvalue weighted by atomic mass is 9.75. The van der Waals surface area contributed by atoms with Crippen molar-refractivity contribution in [2.45, 2.75) is 33.1 Å². The van der Waals surface area contributed by atoms with E-state index in [0.29, 0.717) is 5.92 Å². The lowest BCUT2D eigenvalue weighted by molar-refractivity contribution is 0.223. The number of aromatic hydroxyl groups is 1. The van der Waals surface area contributed by atoms with Gasteiger partial charge in [0.05, 0.1) is 0 Å². The van der Waals surface area contributed by atoms with Crippen LogP contribution in [-0.2, 0) is 0 Å². The van der Waals surface area contributed by atoms with Crippen molar-refractivity contribution in [3.05, 3.63) is 29.8 Å². The van der Waals surface area contributed by atoms with Crippen LogP contribution in [0.3, 0.4) is 0 Å². The molecule has 1 rings (SSSR count). The van der Waals surface area contributed by atoms with Gasteiger partial charge in [0.2, 0.25) is 0 Å². The smallest absolute Gasteiger partial charge is 0.115 e. The fourth-order valence-electron chi connectivity index (χ4n) is 1.94. The van der Waals surface area contributed by atoms with Crippen LogP contribution < -0.4 is 0 Å². The van der Waals surface area contributed by atoms with E-state index in [1.165, 1.54) is 5.56 Å². The van der Waals surface area contributed by atoms with E-state index in [1.54, 1.807) is 12.1 Å². The molecule has 0 bridgehead atoms. The number of aliphatic hydroxyl groups is 1. The summed E-state index contributed by atoms with van der Waals surface area (Å²) < 4.78 is 0. The second kappa shape index (κ2) is 4.67. The predicted octanol–water partition coefficient (Wildman–Crippen LogP) is 2.90. The molecule has 0 aliphatic carbocycles. The number of aliphatic hydroxyl groups excluding tert-OH is 1. The molecule has 0 aliphatic rings. The van der Waals surface area contributed by atoms with E-state index in [-0.39, 0.29) is 17.8 Å². The molecule has 0 fully saturated rings. The number of phenolic OH excluding ortho intramolecular Hbond substituents is 1. The molecule has 84 valence electrons. The SMILES string of the molecule is CC(C)(C)C(CCO)c1ccc(O)cc1. The predicted molar refractivity (Wildman–Crippen MR) is 62.0 cm³/mol. The Labute approximate surface area is 91.6 Å². The zero-order chi connectivity index (χ0) is 11.5. The maximum Gasteiger partial charge on any atom is 0.115 e. The molecule has 2 heteroatoms. The Morgan fingerprint density at radius 3 is 2.07 bits per heavy atom. The monoisotopic (exact) mass is 208 g/mol. The van der Waals surface area contributed by atoms with Crippen LogP contribution in [0.5, 0.6) is 5.75 Å². The van der Waals surface area contributed by atoms with Gasteiger partial charge in [-0.2, -0.15) is 0 Å². The molecule has 2 N–H and O–H groups in total. The average Bonchev–Trinajstić information content (AvgIpc) is 2.14. The van der Waals surface area contributed by atoms with E-state index in [9.17, 15) is 5.11 Å². The van der Waals surface area contributed by atoms with E-state index in [1.807, 2.05) is 12.1 Å². The molecule has 1 atom stereocenters. The summed E-state index contributed by atoms with van der Waals surface area (Å²) in [7, 11) is 0. The molecule has 0 aromatic heterocycles. The van der Waals surface area contributed by atoms with Crippen molar-refractivity contribution in [2.75, 3.05) is 6.61 Å². The number of hydrogen-bond acceptors (Lipinski definition) is 2. The van der Waals surface area contributed by atoms with Gasteiger partial charge in [0.1, 0.15) is 5.75 Å². The lowest BCUT2D eigenvalue weighted by Crippen LogP contribution is -2.19. The van der Waals surface area contributed by atoms with Crippen LogP contribution in [0.4, 0.5) is 0 Å². The molecule has 0 saturated heterocycles. The van der Waals surface area contributed by atoms with E-state index in [0.717, 1.165) is 6.42 Å². The molecule has 0 spiro atoms. The molecular formula is C13H20O2. The average molecular weight is 208 g/mol. The molecule has 1 aromatic carbocycles. The maximum atomic E-state index is 9.22. The van der Waals surface area contributed by atoms with Gasteiger partial charge in [-0.1, -0.05) is 32.9 Å². The summed E-state index contributed by atoms with van der Waals surface area (Å²) in [6, 6.07) is 7.26. The second-order valence-corrected chi connectivity index (χ2v) is 5.02. The third kappa shape index (κ3) is 3.24. The lowest BCUT2D eigenvalue weighted by Gasteiger charge is -2.30. The van der Waals surface area contributed by atoms with Crippen molar-refractivity contribution in [1.29, 1.82) is 0 Å². The van der Waals surface area contributed by atoms with Crippen LogP contribution in [0.15, 0.2) is 24.3 Å². The van der Waals surface area contributed by atoms with Gasteiger partial charge >= 0.3 is 0 Å². The highest BCUT2D eigenvalue weighted by molar-refractivity contribution is 5.29. The molecule has 0 saturated carbocycles. The van der Waals surface area contributed by atoms with Crippen LogP contribution in [0.25, 0.3) is 0 Å². The minimum absolute atomic E-state index is 0.125. The Hall–Kier alpha value is -1.02. The summed E-state index contributed by atoms with van der Waals surface area (Å²) in [5.41, 5.74) is 1.30. The molecule has 0 aliphatic heterocycles. The Balaban J connectivity index is 2.94. The van der Waals surface area contributed by atoms with Crippen molar-refractivity contribution in [3.63, 3.8) is 0 Å². The Morgan fingerprint density at radius 2 is 1.67 bits per heavy atom. The summed E-state index contributed by atoms with van der Waals surface area (Å²) in [6.07, 6.45) is 0.758. The number of hydrogen-bond donors (Lipinski definition) is 2. The van der Waals surface area contributed by atoms with Crippen molar-refractivity contribution in [3.8, 4) is 5.75 Å². The minimum atomic E-state index is 0.125. The first-order valence-electron chi connectivity index (χ1n) is 5.35. The second-order valence-electron chi connectivity index (χ2n) is 5.02. The summed E-state index contributed by atoms with van der Waals surface area (Å²) >= 11 is 0. The first-order valence-corrected chi connectivity index (χ1v) is 5.35. The van der Waals surface area contributed by atoms with Gasteiger partial charge in [-0.3, -0.25) is 0 Å². The number of benzene rings is 1. The van der Waals surface area contributed by atoms with Crippen LogP contribution in [0.1, 0.15) is 38.7 Å². The van der Waals surface area contributed by atoms with Crippen molar-refractivity contribution in [1.82, 2.24) is 0 Å². The van der Waals surface area contributed by atoms with Crippen molar-refractivity contribution >= 4 is 0 Å². The zero-order valence-corrected chi connectivity index (χ0v) is 9.70. The first-order chi connectivity index (χ1) is 6.95. The molecule has 1 unspecified atom stereocenters. The largest absolute Gasteiger partial charge is 0.508 e. The molecule has 15 heavy (non-hydrogen) atoms. The third-order valence-electron chi connectivity index (χ3n) is 2.76. The molecule has 0 heterocycles. The summed E-state index contributed by atoms with van der Waals surface area (Å²) in [5, 5.41) is 18.3. The topological polar surface area (TPSA) is 40.5 Å². The third-order valence-corrected chi connectivity index (χ3v) is 2.76. The van der Waals surface area contributed by atoms with Gasteiger partial charge in [0, 0.05) is 6.61 Å². The molecule has 0 amide bonds. The van der Waals surface area contributed by atoms with Crippen LogP contribution in [0.2, 0.25) is 0 Å². The minimum Gasteiger partial charge on any atom is -0.508 e. The highest BCUT2D eigenvalue weighted by atomic mass is 16.3. The fraction of sp³-hybridized carbons (Fsp3) is 0.538. The normalized spacial score (nSPS) is 13.9. The van der Waals surface area contributed by atoms with E-state index in [2.05, 4.69) is 20.8 Å². The molecular weight excluding hydrogens is 188 g/mol. The van der Waals surface area contributed by atoms with Gasteiger partial charge in [0.25, 0.3) is 0 Å². The van der Waals surface area contributed by atoms with Crippen molar-refractivity contribution in [2.24, 2.45) is 5.41 Å². The first kappa shape index (κ1) is 12.1. The van der Waals surface area contributed by atoms with Crippen LogP contribution in [0, 0.1) is 5.41 Å². The van der Waals surface area contributed by atoms with Crippen molar-refractivity contribution < 1.29 is 10.2 Å². The number of rotatable bonds is 3. The Morgan fingerprint density at radius 1 is 1.13 bits per heavy atom. The summed E-state index contributed by atoms with van der Waals surface area (Å²) in [4.78, 5) is 0. The standard InChI is InChI=1S/C13H20O2/c1-13(2,3)12(8-9-14)10-4-6-11(15)7-5-10/h4-7,12,14-15H,8-9H2,1-3H3. The van der Waals surface area contributed by atoms with Gasteiger partial charge in [-0.05, 0) is 35.4 Å². The highest BCUT2D eigenvalue weighted by Gasteiger charge is 2.25. The van der Waals surface area contributed by atoms with Gasteiger partial charge in [-0.25, -0.2) is 0 Å². The molecule has 2 nitrogen and oxygen atoms in total.